The van der Waals surface area contributed by atoms with E-state index in [9.17, 15) is 19.0 Å². The summed E-state index contributed by atoms with van der Waals surface area (Å²) in [5, 5.41) is 22.9. The van der Waals surface area contributed by atoms with E-state index in [1.165, 1.54) is 11.8 Å². The molecule has 0 radical (unpaired) electrons. The van der Waals surface area contributed by atoms with E-state index < -0.39 is 36.2 Å². The van der Waals surface area contributed by atoms with Gasteiger partial charge in [0.2, 0.25) is 0 Å². The van der Waals surface area contributed by atoms with Gasteiger partial charge in [0, 0.05) is 6.54 Å². The standard InChI is InChI=1S/C10H16F2N2O3S/c1-2-3-13-10-14-4-5(15)6(16)7(8(11)12)17-9(4)18-10/h4-9,15-16H,2-3H2,1H3,(H,13,14)/t4-,5?,6+,7?,9-/m1/s1. The van der Waals surface area contributed by atoms with Crippen LogP contribution in [0.25, 0.3) is 0 Å². The molecule has 3 N–H and O–H groups in total. The summed E-state index contributed by atoms with van der Waals surface area (Å²) in [6, 6.07) is -0.601. The molecule has 0 aromatic rings. The van der Waals surface area contributed by atoms with E-state index in [0.29, 0.717) is 11.7 Å². The first-order chi connectivity index (χ1) is 8.54. The van der Waals surface area contributed by atoms with Crippen molar-refractivity contribution in [2.45, 2.75) is 49.6 Å². The lowest BCUT2D eigenvalue weighted by Crippen LogP contribution is -2.60. The van der Waals surface area contributed by atoms with Crippen molar-refractivity contribution >= 4 is 16.9 Å². The molecule has 5 nitrogen and oxygen atoms in total. The fourth-order valence-electron chi connectivity index (χ4n) is 1.93. The van der Waals surface area contributed by atoms with Gasteiger partial charge in [-0.25, -0.2) is 8.78 Å². The van der Waals surface area contributed by atoms with Gasteiger partial charge in [-0.05, 0) is 6.42 Å². The molecule has 0 aliphatic carbocycles. The molecule has 2 rings (SSSR count). The van der Waals surface area contributed by atoms with E-state index >= 15 is 0 Å². The molecule has 2 aliphatic rings. The molecule has 0 aromatic carbocycles. The zero-order chi connectivity index (χ0) is 13.3. The van der Waals surface area contributed by atoms with Crippen LogP contribution in [-0.4, -0.2) is 58.1 Å². The van der Waals surface area contributed by atoms with Gasteiger partial charge in [0.15, 0.2) is 5.17 Å². The van der Waals surface area contributed by atoms with Crippen LogP contribution >= 0.6 is 11.8 Å². The van der Waals surface area contributed by atoms with Crippen LogP contribution in [0.5, 0.6) is 0 Å². The third-order valence-electron chi connectivity index (χ3n) is 2.88. The van der Waals surface area contributed by atoms with Crippen molar-refractivity contribution in [3.05, 3.63) is 0 Å². The lowest BCUT2D eigenvalue weighted by molar-refractivity contribution is -0.195. The number of amidine groups is 1. The highest BCUT2D eigenvalue weighted by Gasteiger charge is 2.51. The van der Waals surface area contributed by atoms with Crippen LogP contribution < -0.4 is 5.32 Å². The molecule has 0 aromatic heterocycles. The normalized spacial score (nSPS) is 42.1. The number of aliphatic hydroxyl groups is 2. The average Bonchev–Trinajstić information content (AvgIpc) is 2.74. The van der Waals surface area contributed by atoms with Gasteiger partial charge in [-0.1, -0.05) is 18.7 Å². The van der Waals surface area contributed by atoms with Crippen LogP contribution in [0.3, 0.4) is 0 Å². The maximum atomic E-state index is 12.6. The molecule has 5 atom stereocenters. The van der Waals surface area contributed by atoms with Crippen LogP contribution in [-0.2, 0) is 4.74 Å². The molecular formula is C10H16F2N2O3S. The first-order valence-corrected chi connectivity index (χ1v) is 6.70. The number of halogens is 2. The Morgan fingerprint density at radius 1 is 1.44 bits per heavy atom. The number of hydrogen-bond acceptors (Lipinski definition) is 5. The molecule has 0 amide bonds. The van der Waals surface area contributed by atoms with Crippen molar-refractivity contribution in [2.24, 2.45) is 4.99 Å². The Morgan fingerprint density at radius 3 is 2.78 bits per heavy atom. The Labute approximate surface area is 108 Å². The van der Waals surface area contributed by atoms with Gasteiger partial charge in [0.1, 0.15) is 23.7 Å². The van der Waals surface area contributed by atoms with Gasteiger partial charge in [-0.15, -0.1) is 0 Å². The second-order valence-electron chi connectivity index (χ2n) is 4.26. The predicted octanol–water partition coefficient (Wildman–Crippen LogP) is 0.169. The van der Waals surface area contributed by atoms with E-state index in [-0.39, 0.29) is 0 Å². The van der Waals surface area contributed by atoms with Crippen molar-refractivity contribution in [1.29, 1.82) is 0 Å². The molecule has 2 unspecified atom stereocenters. The van der Waals surface area contributed by atoms with Gasteiger partial charge in [0.05, 0.1) is 6.04 Å². The topological polar surface area (TPSA) is 74.1 Å². The van der Waals surface area contributed by atoms with Crippen molar-refractivity contribution in [3.8, 4) is 0 Å². The number of hydrogen-bond donors (Lipinski definition) is 3. The van der Waals surface area contributed by atoms with E-state index in [1.807, 2.05) is 6.92 Å². The molecular weight excluding hydrogens is 266 g/mol. The van der Waals surface area contributed by atoms with Gasteiger partial charge in [-0.3, -0.25) is 4.99 Å². The Morgan fingerprint density at radius 2 is 2.17 bits per heavy atom. The highest BCUT2D eigenvalue weighted by molar-refractivity contribution is 8.14. The number of fused-ring (bicyclic) bond motifs is 1. The summed E-state index contributed by atoms with van der Waals surface area (Å²) < 4.78 is 30.4. The lowest BCUT2D eigenvalue weighted by atomic mass is 9.98. The summed E-state index contributed by atoms with van der Waals surface area (Å²) >= 11 is 1.17. The highest BCUT2D eigenvalue weighted by atomic mass is 32.2. The molecule has 2 heterocycles. The van der Waals surface area contributed by atoms with E-state index in [1.54, 1.807) is 0 Å². The summed E-state index contributed by atoms with van der Waals surface area (Å²) in [5.41, 5.74) is -0.641. The average molecular weight is 282 g/mol. The zero-order valence-corrected chi connectivity index (χ0v) is 10.6. The Hall–Kier alpha value is -0.440. The first kappa shape index (κ1) is 14.0. The van der Waals surface area contributed by atoms with E-state index in [2.05, 4.69) is 10.3 Å². The number of ether oxygens (including phenoxy) is 1. The summed E-state index contributed by atoms with van der Waals surface area (Å²) in [6.45, 7) is 2.59. The molecule has 0 bridgehead atoms. The summed E-state index contributed by atoms with van der Waals surface area (Å²) in [6.07, 6.45) is -6.49. The van der Waals surface area contributed by atoms with E-state index in [4.69, 9.17) is 4.74 Å². The minimum atomic E-state index is -2.83. The van der Waals surface area contributed by atoms with Crippen LogP contribution in [0, 0.1) is 0 Å². The van der Waals surface area contributed by atoms with Crippen LogP contribution in [0.2, 0.25) is 0 Å². The maximum absolute atomic E-state index is 12.6. The van der Waals surface area contributed by atoms with Crippen molar-refractivity contribution < 1.29 is 23.7 Å². The molecule has 2 saturated heterocycles. The zero-order valence-electron chi connectivity index (χ0n) is 9.79. The number of nitrogens with zero attached hydrogens (tertiary/aromatic N) is 1. The number of rotatable bonds is 3. The largest absolute Gasteiger partial charge is 0.388 e. The molecule has 18 heavy (non-hydrogen) atoms. The van der Waals surface area contributed by atoms with Crippen LogP contribution in [0.15, 0.2) is 4.99 Å². The maximum Gasteiger partial charge on any atom is 0.267 e. The minimum Gasteiger partial charge on any atom is -0.388 e. The Balaban J connectivity index is 2.07. The van der Waals surface area contributed by atoms with Gasteiger partial charge in [0.25, 0.3) is 6.43 Å². The van der Waals surface area contributed by atoms with Crippen molar-refractivity contribution in [2.75, 3.05) is 6.54 Å². The number of aliphatic imine (C=N–C) groups is 1. The number of aliphatic hydroxyl groups excluding tert-OH is 2. The quantitative estimate of drug-likeness (QED) is 0.688. The number of nitrogens with one attached hydrogen (secondary N) is 1. The monoisotopic (exact) mass is 282 g/mol. The Kier molecular flexibility index (Phi) is 4.41. The minimum absolute atomic E-state index is 0.563. The third-order valence-corrected chi connectivity index (χ3v) is 3.99. The second kappa shape index (κ2) is 5.68. The smallest absolute Gasteiger partial charge is 0.267 e. The molecule has 8 heteroatoms. The number of alkyl halides is 2. The molecule has 0 saturated carbocycles. The summed E-state index contributed by atoms with van der Waals surface area (Å²) in [7, 11) is 0. The lowest BCUT2D eigenvalue weighted by Gasteiger charge is -2.38. The molecule has 0 spiro atoms. The first-order valence-electron chi connectivity index (χ1n) is 5.82. The predicted molar refractivity (Wildman–Crippen MR) is 63.8 cm³/mol. The van der Waals surface area contributed by atoms with Crippen LogP contribution in [0.4, 0.5) is 8.78 Å². The molecule has 2 aliphatic heterocycles. The SMILES string of the molecule is CCCN=C1N[C@@H]2C(O)[C@H](O)C(C(F)F)O[C@@H]2S1. The third kappa shape index (κ3) is 2.61. The Bertz CT molecular complexity index is 332. The van der Waals surface area contributed by atoms with Gasteiger partial charge in [-0.2, -0.15) is 0 Å². The fraction of sp³-hybridized carbons (Fsp3) is 0.900. The molecule has 104 valence electrons. The highest BCUT2D eigenvalue weighted by Crippen LogP contribution is 2.35. The van der Waals surface area contributed by atoms with E-state index in [0.717, 1.165) is 6.42 Å². The summed E-state index contributed by atoms with van der Waals surface area (Å²) in [5.74, 6) is 0. The molecule has 2 fully saturated rings. The van der Waals surface area contributed by atoms with Crippen LogP contribution in [0.1, 0.15) is 13.3 Å². The van der Waals surface area contributed by atoms with Crippen molar-refractivity contribution in [3.63, 3.8) is 0 Å². The van der Waals surface area contributed by atoms with Crippen molar-refractivity contribution in [1.82, 2.24) is 5.32 Å². The van der Waals surface area contributed by atoms with Gasteiger partial charge >= 0.3 is 0 Å². The number of thioether (sulfide) groups is 1. The fourth-order valence-corrected chi connectivity index (χ4v) is 3.08. The van der Waals surface area contributed by atoms with Gasteiger partial charge < -0.3 is 20.3 Å². The summed E-state index contributed by atoms with van der Waals surface area (Å²) in [4.78, 5) is 4.20. The second-order valence-corrected chi connectivity index (χ2v) is 5.35.